The van der Waals surface area contributed by atoms with E-state index in [-0.39, 0.29) is 11.8 Å². The number of ketones is 1. The van der Waals surface area contributed by atoms with Gasteiger partial charge >= 0.3 is 0 Å². The van der Waals surface area contributed by atoms with Crippen molar-refractivity contribution < 1.29 is 4.79 Å². The van der Waals surface area contributed by atoms with E-state index in [2.05, 4.69) is 12.2 Å². The van der Waals surface area contributed by atoms with E-state index in [4.69, 9.17) is 0 Å². The lowest BCUT2D eigenvalue weighted by atomic mass is 10.0. The van der Waals surface area contributed by atoms with E-state index < -0.39 is 0 Å². The van der Waals surface area contributed by atoms with Gasteiger partial charge < -0.3 is 5.32 Å². The zero-order valence-electron chi connectivity index (χ0n) is 9.49. The van der Waals surface area contributed by atoms with E-state index >= 15 is 0 Å². The van der Waals surface area contributed by atoms with Crippen LogP contribution in [0, 0.1) is 0 Å². The number of Topliss-reactive ketones (excluding diaryl/α,β-unsaturated/α-hetero) is 1. The van der Waals surface area contributed by atoms with Crippen LogP contribution in [0.4, 0.5) is 0 Å². The molecule has 15 heavy (non-hydrogen) atoms. The second-order valence-electron chi connectivity index (χ2n) is 3.63. The van der Waals surface area contributed by atoms with Crippen molar-refractivity contribution in [2.45, 2.75) is 32.7 Å². The molecule has 0 saturated carbocycles. The highest BCUT2D eigenvalue weighted by molar-refractivity contribution is 6.00. The minimum absolute atomic E-state index is 0.0256. The van der Waals surface area contributed by atoms with Crippen LogP contribution in [0.5, 0.6) is 0 Å². The SMILES string of the molecule is CCC[C@@H](NCC)C(=O)c1ccccc1. The Labute approximate surface area is 91.7 Å². The van der Waals surface area contributed by atoms with Gasteiger partial charge in [-0.3, -0.25) is 4.79 Å². The second kappa shape index (κ2) is 6.36. The lowest BCUT2D eigenvalue weighted by Crippen LogP contribution is -2.36. The maximum absolute atomic E-state index is 12.1. The number of hydrogen-bond donors (Lipinski definition) is 1. The van der Waals surface area contributed by atoms with Gasteiger partial charge in [-0.05, 0) is 13.0 Å². The van der Waals surface area contributed by atoms with Gasteiger partial charge in [0, 0.05) is 5.56 Å². The molecule has 0 fully saturated rings. The van der Waals surface area contributed by atoms with Crippen molar-refractivity contribution in [1.29, 1.82) is 0 Å². The molecule has 82 valence electrons. The number of carbonyl (C=O) groups excluding carboxylic acids is 1. The molecule has 1 aromatic carbocycles. The zero-order valence-corrected chi connectivity index (χ0v) is 9.49. The smallest absolute Gasteiger partial charge is 0.179 e. The van der Waals surface area contributed by atoms with E-state index in [1.54, 1.807) is 0 Å². The highest BCUT2D eigenvalue weighted by Crippen LogP contribution is 2.07. The van der Waals surface area contributed by atoms with Crippen molar-refractivity contribution in [3.63, 3.8) is 0 Å². The third-order valence-electron chi connectivity index (χ3n) is 2.40. The summed E-state index contributed by atoms with van der Waals surface area (Å²) in [6.45, 7) is 4.97. The van der Waals surface area contributed by atoms with Crippen LogP contribution in [0.1, 0.15) is 37.0 Å². The lowest BCUT2D eigenvalue weighted by Gasteiger charge is -2.15. The van der Waals surface area contributed by atoms with E-state index in [9.17, 15) is 4.79 Å². The van der Waals surface area contributed by atoms with Crippen LogP contribution < -0.4 is 5.32 Å². The summed E-state index contributed by atoms with van der Waals surface area (Å²) in [5.74, 6) is 0.208. The topological polar surface area (TPSA) is 29.1 Å². The van der Waals surface area contributed by atoms with Gasteiger partial charge in [0.25, 0.3) is 0 Å². The normalized spacial score (nSPS) is 12.4. The minimum atomic E-state index is -0.0256. The fourth-order valence-corrected chi connectivity index (χ4v) is 1.66. The molecule has 0 bridgehead atoms. The molecule has 0 aliphatic rings. The third kappa shape index (κ3) is 3.48. The third-order valence-corrected chi connectivity index (χ3v) is 2.40. The molecular formula is C13H19NO. The molecule has 1 atom stereocenters. The number of nitrogens with one attached hydrogen (secondary N) is 1. The highest BCUT2D eigenvalue weighted by Gasteiger charge is 2.17. The van der Waals surface area contributed by atoms with E-state index in [0.29, 0.717) is 0 Å². The fourth-order valence-electron chi connectivity index (χ4n) is 1.66. The van der Waals surface area contributed by atoms with Gasteiger partial charge in [0.05, 0.1) is 6.04 Å². The summed E-state index contributed by atoms with van der Waals surface area (Å²) >= 11 is 0. The molecule has 0 spiro atoms. The first-order chi connectivity index (χ1) is 7.29. The van der Waals surface area contributed by atoms with Crippen molar-refractivity contribution in [3.8, 4) is 0 Å². The Kier molecular flexibility index (Phi) is 5.05. The van der Waals surface area contributed by atoms with Gasteiger partial charge in [-0.15, -0.1) is 0 Å². The molecule has 0 heterocycles. The Morgan fingerprint density at radius 2 is 1.93 bits per heavy atom. The maximum atomic E-state index is 12.1. The van der Waals surface area contributed by atoms with Crippen molar-refractivity contribution in [3.05, 3.63) is 35.9 Å². The Morgan fingerprint density at radius 3 is 2.47 bits per heavy atom. The summed E-state index contributed by atoms with van der Waals surface area (Å²) in [6, 6.07) is 9.47. The quantitative estimate of drug-likeness (QED) is 0.723. The largest absolute Gasteiger partial charge is 0.307 e. The van der Waals surface area contributed by atoms with E-state index in [1.807, 2.05) is 37.3 Å². The van der Waals surface area contributed by atoms with Crippen LogP contribution in [-0.4, -0.2) is 18.4 Å². The van der Waals surface area contributed by atoms with Gasteiger partial charge in [-0.1, -0.05) is 50.6 Å². The summed E-state index contributed by atoms with van der Waals surface area (Å²) in [6.07, 6.45) is 1.93. The molecule has 0 saturated heterocycles. The molecule has 0 aliphatic carbocycles. The predicted octanol–water partition coefficient (Wildman–Crippen LogP) is 2.65. The van der Waals surface area contributed by atoms with Gasteiger partial charge in [-0.2, -0.15) is 0 Å². The van der Waals surface area contributed by atoms with E-state index in [0.717, 1.165) is 24.9 Å². The minimum Gasteiger partial charge on any atom is -0.307 e. The van der Waals surface area contributed by atoms with Crippen LogP contribution in [0.15, 0.2) is 30.3 Å². The fraction of sp³-hybridized carbons (Fsp3) is 0.462. The molecule has 1 N–H and O–H groups in total. The number of benzene rings is 1. The highest BCUT2D eigenvalue weighted by atomic mass is 16.1. The summed E-state index contributed by atoms with van der Waals surface area (Å²) in [5, 5.41) is 3.23. The van der Waals surface area contributed by atoms with Gasteiger partial charge in [0.2, 0.25) is 0 Å². The van der Waals surface area contributed by atoms with Crippen molar-refractivity contribution in [2.24, 2.45) is 0 Å². The first kappa shape index (κ1) is 11.9. The predicted molar refractivity (Wildman–Crippen MR) is 63.1 cm³/mol. The molecule has 0 radical (unpaired) electrons. The molecule has 1 rings (SSSR count). The second-order valence-corrected chi connectivity index (χ2v) is 3.63. The Morgan fingerprint density at radius 1 is 1.27 bits per heavy atom. The Hall–Kier alpha value is -1.15. The van der Waals surface area contributed by atoms with Crippen LogP contribution in [-0.2, 0) is 0 Å². The molecule has 2 heteroatoms. The average molecular weight is 205 g/mol. The van der Waals surface area contributed by atoms with Gasteiger partial charge in [-0.25, -0.2) is 0 Å². The lowest BCUT2D eigenvalue weighted by molar-refractivity contribution is 0.0938. The van der Waals surface area contributed by atoms with Gasteiger partial charge in [0.1, 0.15) is 0 Å². The van der Waals surface area contributed by atoms with Crippen LogP contribution in [0.2, 0.25) is 0 Å². The van der Waals surface area contributed by atoms with Crippen molar-refractivity contribution in [2.75, 3.05) is 6.54 Å². The first-order valence-electron chi connectivity index (χ1n) is 5.62. The van der Waals surface area contributed by atoms with Crippen molar-refractivity contribution >= 4 is 5.78 Å². The van der Waals surface area contributed by atoms with Crippen LogP contribution >= 0.6 is 0 Å². The molecule has 0 amide bonds. The Bertz CT molecular complexity index is 289. The number of likely N-dealkylation sites (N-methyl/N-ethyl adjacent to an activating group) is 1. The summed E-state index contributed by atoms with van der Waals surface area (Å²) in [5.41, 5.74) is 0.803. The summed E-state index contributed by atoms with van der Waals surface area (Å²) in [4.78, 5) is 12.1. The molecule has 2 nitrogen and oxygen atoms in total. The first-order valence-corrected chi connectivity index (χ1v) is 5.62. The van der Waals surface area contributed by atoms with Gasteiger partial charge in [0.15, 0.2) is 5.78 Å². The molecule has 0 aromatic heterocycles. The Balaban J connectivity index is 2.71. The van der Waals surface area contributed by atoms with Crippen LogP contribution in [0.3, 0.4) is 0 Å². The molecule has 1 aromatic rings. The molecule has 0 aliphatic heterocycles. The number of hydrogen-bond acceptors (Lipinski definition) is 2. The maximum Gasteiger partial charge on any atom is 0.179 e. The van der Waals surface area contributed by atoms with Crippen LogP contribution in [0.25, 0.3) is 0 Å². The number of carbonyl (C=O) groups is 1. The number of rotatable bonds is 6. The van der Waals surface area contributed by atoms with E-state index in [1.165, 1.54) is 0 Å². The van der Waals surface area contributed by atoms with Crippen molar-refractivity contribution in [1.82, 2.24) is 5.32 Å². The standard InChI is InChI=1S/C13H19NO/c1-3-8-12(14-4-2)13(15)11-9-6-5-7-10-11/h5-7,9-10,12,14H,3-4,8H2,1-2H3/t12-/m1/s1. The average Bonchev–Trinajstić information content (AvgIpc) is 2.29. The molecule has 0 unspecified atom stereocenters. The zero-order chi connectivity index (χ0) is 11.1. The summed E-state index contributed by atoms with van der Waals surface area (Å²) in [7, 11) is 0. The molecular weight excluding hydrogens is 186 g/mol. The monoisotopic (exact) mass is 205 g/mol. The summed E-state index contributed by atoms with van der Waals surface area (Å²) < 4.78 is 0.